The van der Waals surface area contributed by atoms with Crippen LogP contribution in [-0.2, 0) is 11.3 Å². The molecule has 0 spiro atoms. The number of nitro benzene ring substituents is 1. The zero-order chi connectivity index (χ0) is 15.8. The Labute approximate surface area is 119 Å². The molecular formula is C12H15N3O6. The zero-order valence-corrected chi connectivity index (χ0v) is 11.0. The maximum Gasteiger partial charge on any atom is 0.332 e. The Morgan fingerprint density at radius 1 is 1.33 bits per heavy atom. The number of rotatable bonds is 7. The second-order valence-corrected chi connectivity index (χ2v) is 4.18. The van der Waals surface area contributed by atoms with Crippen molar-refractivity contribution < 1.29 is 24.7 Å². The van der Waals surface area contributed by atoms with Crippen LogP contribution in [-0.4, -0.2) is 39.8 Å². The number of carboxylic acid groups (broad SMARTS) is 1. The third-order valence-electron chi connectivity index (χ3n) is 2.56. The minimum absolute atomic E-state index is 0.00572. The van der Waals surface area contributed by atoms with Crippen LogP contribution in [0.3, 0.4) is 0 Å². The number of benzene rings is 1. The number of carboxylic acids is 1. The van der Waals surface area contributed by atoms with Gasteiger partial charge in [-0.1, -0.05) is 12.1 Å². The van der Waals surface area contributed by atoms with Crippen LogP contribution >= 0.6 is 0 Å². The summed E-state index contributed by atoms with van der Waals surface area (Å²) in [7, 11) is 0. The Kier molecular flexibility index (Phi) is 6.08. The normalized spacial score (nSPS) is 11.5. The van der Waals surface area contributed by atoms with Gasteiger partial charge in [0.25, 0.3) is 5.69 Å². The fourth-order valence-corrected chi connectivity index (χ4v) is 1.47. The van der Waals surface area contributed by atoms with Gasteiger partial charge in [-0.2, -0.15) is 0 Å². The number of carbonyl (C=O) groups is 2. The first-order valence-corrected chi connectivity index (χ1v) is 6.06. The van der Waals surface area contributed by atoms with Crippen molar-refractivity contribution in [3.8, 4) is 0 Å². The quantitative estimate of drug-likeness (QED) is 0.419. The van der Waals surface area contributed by atoms with Crippen molar-refractivity contribution in [2.45, 2.75) is 19.1 Å². The molecule has 1 aromatic carbocycles. The Morgan fingerprint density at radius 3 is 2.67 bits per heavy atom. The first kappa shape index (κ1) is 16.4. The number of nitro groups is 1. The lowest BCUT2D eigenvalue weighted by Gasteiger charge is -2.09. The van der Waals surface area contributed by atoms with Gasteiger partial charge in [-0.05, 0) is 5.56 Å². The smallest absolute Gasteiger partial charge is 0.332 e. The van der Waals surface area contributed by atoms with Gasteiger partial charge in [0, 0.05) is 31.6 Å². The molecule has 0 aliphatic carbocycles. The number of non-ortho nitro benzene ring substituents is 1. The number of aliphatic carboxylic acids is 1. The molecule has 0 aromatic heterocycles. The predicted octanol–water partition coefficient (Wildman–Crippen LogP) is 0.230. The maximum atomic E-state index is 11.4. The summed E-state index contributed by atoms with van der Waals surface area (Å²) < 4.78 is 0. The highest BCUT2D eigenvalue weighted by Gasteiger charge is 2.12. The van der Waals surface area contributed by atoms with E-state index < -0.39 is 23.0 Å². The molecule has 0 bridgehead atoms. The average molecular weight is 297 g/mol. The van der Waals surface area contributed by atoms with E-state index in [2.05, 4.69) is 10.6 Å². The highest BCUT2D eigenvalue weighted by molar-refractivity contribution is 5.74. The van der Waals surface area contributed by atoms with Crippen LogP contribution in [0.1, 0.15) is 12.0 Å². The van der Waals surface area contributed by atoms with Gasteiger partial charge in [-0.3, -0.25) is 10.1 Å². The zero-order valence-electron chi connectivity index (χ0n) is 11.0. The SMILES string of the molecule is O=C(NCCC(O)C(=O)O)NCc1cccc([N+](=O)[O-])c1. The van der Waals surface area contributed by atoms with Gasteiger partial charge in [-0.25, -0.2) is 9.59 Å². The molecular weight excluding hydrogens is 282 g/mol. The Bertz CT molecular complexity index is 533. The van der Waals surface area contributed by atoms with Gasteiger partial charge in [0.05, 0.1) is 4.92 Å². The second kappa shape index (κ2) is 7.80. The molecule has 1 atom stereocenters. The first-order valence-electron chi connectivity index (χ1n) is 6.06. The van der Waals surface area contributed by atoms with Crippen molar-refractivity contribution in [2.75, 3.05) is 6.54 Å². The predicted molar refractivity (Wildman–Crippen MR) is 71.6 cm³/mol. The summed E-state index contributed by atoms with van der Waals surface area (Å²) in [6.45, 7) is 0.0865. The van der Waals surface area contributed by atoms with Gasteiger partial charge < -0.3 is 20.8 Å². The number of aliphatic hydroxyl groups excluding tert-OH is 1. The third-order valence-corrected chi connectivity index (χ3v) is 2.56. The number of nitrogens with one attached hydrogen (secondary N) is 2. The van der Waals surface area contributed by atoms with E-state index in [1.54, 1.807) is 6.07 Å². The van der Waals surface area contributed by atoms with Crippen molar-refractivity contribution in [1.82, 2.24) is 10.6 Å². The molecule has 0 aliphatic heterocycles. The molecule has 114 valence electrons. The molecule has 21 heavy (non-hydrogen) atoms. The fourth-order valence-electron chi connectivity index (χ4n) is 1.47. The fraction of sp³-hybridized carbons (Fsp3) is 0.333. The summed E-state index contributed by atoms with van der Waals surface area (Å²) in [5.41, 5.74) is 0.490. The van der Waals surface area contributed by atoms with Crippen molar-refractivity contribution in [2.24, 2.45) is 0 Å². The van der Waals surface area contributed by atoms with Gasteiger partial charge in [0.1, 0.15) is 0 Å². The van der Waals surface area contributed by atoms with E-state index in [4.69, 9.17) is 10.2 Å². The van der Waals surface area contributed by atoms with E-state index in [-0.39, 0.29) is 25.2 Å². The van der Waals surface area contributed by atoms with Gasteiger partial charge >= 0.3 is 12.0 Å². The third kappa shape index (κ3) is 5.87. The topological polar surface area (TPSA) is 142 Å². The number of aliphatic hydroxyl groups is 1. The Morgan fingerprint density at radius 2 is 2.05 bits per heavy atom. The molecule has 0 saturated carbocycles. The highest BCUT2D eigenvalue weighted by Crippen LogP contribution is 2.12. The van der Waals surface area contributed by atoms with Gasteiger partial charge in [-0.15, -0.1) is 0 Å². The van der Waals surface area contributed by atoms with Crippen LogP contribution in [0, 0.1) is 10.1 Å². The number of hydrogen-bond acceptors (Lipinski definition) is 5. The summed E-state index contributed by atoms with van der Waals surface area (Å²) in [5.74, 6) is -1.35. The van der Waals surface area contributed by atoms with E-state index in [1.165, 1.54) is 18.2 Å². The van der Waals surface area contributed by atoms with Crippen molar-refractivity contribution in [3.05, 3.63) is 39.9 Å². The summed E-state index contributed by atoms with van der Waals surface area (Å²) in [5, 5.41) is 32.9. The molecule has 0 radical (unpaired) electrons. The monoisotopic (exact) mass is 297 g/mol. The molecule has 1 unspecified atom stereocenters. The lowest BCUT2D eigenvalue weighted by atomic mass is 10.2. The number of hydrogen-bond donors (Lipinski definition) is 4. The molecule has 0 saturated heterocycles. The van der Waals surface area contributed by atoms with E-state index >= 15 is 0 Å². The number of carbonyl (C=O) groups excluding carboxylic acids is 1. The van der Waals surface area contributed by atoms with Crippen molar-refractivity contribution >= 4 is 17.7 Å². The van der Waals surface area contributed by atoms with Crippen LogP contribution in [0.5, 0.6) is 0 Å². The summed E-state index contributed by atoms with van der Waals surface area (Å²) in [6.07, 6.45) is -1.64. The van der Waals surface area contributed by atoms with E-state index in [9.17, 15) is 19.7 Å². The van der Waals surface area contributed by atoms with E-state index in [0.29, 0.717) is 5.56 Å². The maximum absolute atomic E-state index is 11.4. The average Bonchev–Trinajstić information content (AvgIpc) is 2.45. The van der Waals surface area contributed by atoms with Gasteiger partial charge in [0.2, 0.25) is 0 Å². The minimum atomic E-state index is -1.53. The summed E-state index contributed by atoms with van der Waals surface area (Å²) >= 11 is 0. The standard InChI is InChI=1S/C12H15N3O6/c16-10(11(17)18)4-5-13-12(19)14-7-8-2-1-3-9(6-8)15(20)21/h1-3,6,10,16H,4-5,7H2,(H,17,18)(H2,13,14,19). The summed E-state index contributed by atoms with van der Waals surface area (Å²) in [4.78, 5) is 31.8. The van der Waals surface area contributed by atoms with Crippen molar-refractivity contribution in [3.63, 3.8) is 0 Å². The van der Waals surface area contributed by atoms with Crippen LogP contribution in [0.2, 0.25) is 0 Å². The van der Waals surface area contributed by atoms with Gasteiger partial charge in [0.15, 0.2) is 6.10 Å². The molecule has 0 aliphatic rings. The Balaban J connectivity index is 2.34. The molecule has 1 aromatic rings. The van der Waals surface area contributed by atoms with Crippen LogP contribution in [0.15, 0.2) is 24.3 Å². The number of amides is 2. The first-order chi connectivity index (χ1) is 9.90. The molecule has 4 N–H and O–H groups in total. The molecule has 0 heterocycles. The molecule has 0 fully saturated rings. The highest BCUT2D eigenvalue weighted by atomic mass is 16.6. The largest absolute Gasteiger partial charge is 0.479 e. The number of urea groups is 1. The Hall–Kier alpha value is -2.68. The molecule has 1 rings (SSSR count). The van der Waals surface area contributed by atoms with E-state index in [1.807, 2.05) is 0 Å². The lowest BCUT2D eigenvalue weighted by Crippen LogP contribution is -2.37. The molecule has 9 nitrogen and oxygen atoms in total. The van der Waals surface area contributed by atoms with E-state index in [0.717, 1.165) is 0 Å². The van der Waals surface area contributed by atoms with Crippen LogP contribution in [0.4, 0.5) is 10.5 Å². The summed E-state index contributed by atoms with van der Waals surface area (Å²) in [6, 6.07) is 5.27. The van der Waals surface area contributed by atoms with Crippen molar-refractivity contribution in [1.29, 1.82) is 0 Å². The lowest BCUT2D eigenvalue weighted by molar-refractivity contribution is -0.384. The molecule has 2 amide bonds. The van der Waals surface area contributed by atoms with Crippen LogP contribution < -0.4 is 10.6 Å². The molecule has 9 heteroatoms. The second-order valence-electron chi connectivity index (χ2n) is 4.18. The van der Waals surface area contributed by atoms with Crippen LogP contribution in [0.25, 0.3) is 0 Å². The number of nitrogens with zero attached hydrogens (tertiary/aromatic N) is 1. The minimum Gasteiger partial charge on any atom is -0.479 e.